The van der Waals surface area contributed by atoms with Crippen LogP contribution in [0.4, 0.5) is 5.82 Å². The lowest BCUT2D eigenvalue weighted by molar-refractivity contribution is 0.0752. The first-order valence-corrected chi connectivity index (χ1v) is 15.1. The largest absolute Gasteiger partial charge is 0.455 e. The SMILES string of the molecule is COCc1cc(N2CCN(C/C=C/c3ccccc3)CC2)nc(SCc2ccc(C(=O)N(C)Cc3ccccc3)o2)n1. The number of piperazine rings is 1. The van der Waals surface area contributed by atoms with E-state index < -0.39 is 0 Å². The number of ether oxygens (including phenoxy) is 1. The van der Waals surface area contributed by atoms with Crippen LogP contribution in [-0.2, 0) is 23.6 Å². The van der Waals surface area contributed by atoms with Crippen molar-refractivity contribution in [2.45, 2.75) is 24.1 Å². The van der Waals surface area contributed by atoms with Crippen molar-refractivity contribution in [2.75, 3.05) is 51.8 Å². The maximum atomic E-state index is 12.9. The van der Waals surface area contributed by atoms with Gasteiger partial charge in [0, 0.05) is 59.5 Å². The van der Waals surface area contributed by atoms with E-state index in [2.05, 4.69) is 46.2 Å². The lowest BCUT2D eigenvalue weighted by Crippen LogP contribution is -2.46. The topological polar surface area (TPSA) is 74.9 Å². The zero-order valence-corrected chi connectivity index (χ0v) is 25.0. The van der Waals surface area contributed by atoms with Gasteiger partial charge in [-0.1, -0.05) is 84.6 Å². The van der Waals surface area contributed by atoms with Gasteiger partial charge in [-0.25, -0.2) is 9.97 Å². The number of thioether (sulfide) groups is 1. The highest BCUT2D eigenvalue weighted by molar-refractivity contribution is 7.98. The molecule has 8 nitrogen and oxygen atoms in total. The molecule has 1 aliphatic rings. The molecule has 0 radical (unpaired) electrons. The quantitative estimate of drug-likeness (QED) is 0.157. The molecule has 1 saturated heterocycles. The lowest BCUT2D eigenvalue weighted by atomic mass is 10.2. The predicted molar refractivity (Wildman–Crippen MR) is 167 cm³/mol. The molecule has 1 aliphatic heterocycles. The Hall–Kier alpha value is -3.92. The van der Waals surface area contributed by atoms with Crippen molar-refractivity contribution >= 4 is 29.6 Å². The summed E-state index contributed by atoms with van der Waals surface area (Å²) in [4.78, 5) is 28.9. The highest BCUT2D eigenvalue weighted by atomic mass is 32.2. The van der Waals surface area contributed by atoms with Gasteiger partial charge in [0.25, 0.3) is 5.91 Å². The van der Waals surface area contributed by atoms with Crippen molar-refractivity contribution < 1.29 is 13.9 Å². The Morgan fingerprint density at radius 3 is 2.48 bits per heavy atom. The van der Waals surface area contributed by atoms with E-state index in [1.165, 1.54) is 17.3 Å². The number of carbonyl (C=O) groups excluding carboxylic acids is 1. The van der Waals surface area contributed by atoms with Crippen molar-refractivity contribution in [3.63, 3.8) is 0 Å². The molecule has 2 aromatic carbocycles. The molecule has 3 heterocycles. The van der Waals surface area contributed by atoms with Crippen molar-refractivity contribution in [3.05, 3.63) is 113 Å². The van der Waals surface area contributed by atoms with Gasteiger partial charge in [0.1, 0.15) is 11.6 Å². The van der Waals surface area contributed by atoms with Crippen LogP contribution in [0.5, 0.6) is 0 Å². The molecule has 0 saturated carbocycles. The first-order chi connectivity index (χ1) is 20.6. The minimum atomic E-state index is -0.148. The Labute approximate surface area is 252 Å². The summed E-state index contributed by atoms with van der Waals surface area (Å²) in [6.07, 6.45) is 4.41. The van der Waals surface area contributed by atoms with Crippen LogP contribution in [0.2, 0.25) is 0 Å². The van der Waals surface area contributed by atoms with Crippen LogP contribution in [0.3, 0.4) is 0 Å². The van der Waals surface area contributed by atoms with Crippen molar-refractivity contribution in [1.29, 1.82) is 0 Å². The second kappa shape index (κ2) is 14.8. The third-order valence-electron chi connectivity index (χ3n) is 7.03. The van der Waals surface area contributed by atoms with E-state index in [0.717, 1.165) is 49.8 Å². The summed E-state index contributed by atoms with van der Waals surface area (Å²) >= 11 is 1.49. The van der Waals surface area contributed by atoms with Gasteiger partial charge in [0.05, 0.1) is 18.1 Å². The van der Waals surface area contributed by atoms with Crippen LogP contribution in [0.15, 0.2) is 94.5 Å². The number of nitrogens with zero attached hydrogens (tertiary/aromatic N) is 5. The molecule has 42 heavy (non-hydrogen) atoms. The number of methoxy groups -OCH3 is 1. The molecule has 218 valence electrons. The van der Waals surface area contributed by atoms with E-state index in [-0.39, 0.29) is 5.91 Å². The number of anilines is 1. The Morgan fingerprint density at radius 1 is 1.00 bits per heavy atom. The monoisotopic (exact) mass is 583 g/mol. The number of carbonyl (C=O) groups is 1. The molecule has 2 aromatic heterocycles. The standard InChI is InChI=1S/C33H37N5O3S/c1-36(23-27-12-7-4-8-13-27)32(39)30-16-15-29(41-30)25-42-33-34-28(24-40-2)22-31(35-33)38-20-18-37(19-21-38)17-9-14-26-10-5-3-6-11-26/h3-16,22H,17-21,23-25H2,1-2H3/b14-9+. The smallest absolute Gasteiger partial charge is 0.289 e. The van der Waals surface area contributed by atoms with Crippen LogP contribution in [0, 0.1) is 0 Å². The lowest BCUT2D eigenvalue weighted by Gasteiger charge is -2.35. The fraction of sp³-hybridized carbons (Fsp3) is 0.303. The summed E-state index contributed by atoms with van der Waals surface area (Å²) in [7, 11) is 3.46. The number of amides is 1. The van der Waals surface area contributed by atoms with Gasteiger partial charge in [-0.3, -0.25) is 9.69 Å². The molecular formula is C33H37N5O3S. The Bertz CT molecular complexity index is 1450. The molecule has 0 atom stereocenters. The summed E-state index contributed by atoms with van der Waals surface area (Å²) in [5.41, 5.74) is 3.14. The van der Waals surface area contributed by atoms with Gasteiger partial charge in [0.15, 0.2) is 10.9 Å². The van der Waals surface area contributed by atoms with E-state index >= 15 is 0 Å². The fourth-order valence-electron chi connectivity index (χ4n) is 4.79. The minimum Gasteiger partial charge on any atom is -0.455 e. The van der Waals surface area contributed by atoms with Crippen LogP contribution in [-0.4, -0.2) is 72.6 Å². The maximum Gasteiger partial charge on any atom is 0.289 e. The predicted octanol–water partition coefficient (Wildman–Crippen LogP) is 5.62. The van der Waals surface area contributed by atoms with Crippen molar-refractivity contribution in [1.82, 2.24) is 19.8 Å². The first-order valence-electron chi connectivity index (χ1n) is 14.1. The molecule has 1 fully saturated rings. The average Bonchev–Trinajstić information content (AvgIpc) is 3.50. The Morgan fingerprint density at radius 2 is 1.74 bits per heavy atom. The van der Waals surface area contributed by atoms with E-state index in [1.807, 2.05) is 48.5 Å². The highest BCUT2D eigenvalue weighted by Gasteiger charge is 2.20. The van der Waals surface area contributed by atoms with E-state index in [4.69, 9.17) is 19.1 Å². The molecule has 0 spiro atoms. The molecule has 0 bridgehead atoms. The molecule has 0 unspecified atom stereocenters. The van der Waals surface area contributed by atoms with Gasteiger partial charge < -0.3 is 19.0 Å². The third kappa shape index (κ3) is 8.31. The van der Waals surface area contributed by atoms with E-state index in [9.17, 15) is 4.79 Å². The maximum absolute atomic E-state index is 12.9. The molecule has 4 aromatic rings. The van der Waals surface area contributed by atoms with Crippen LogP contribution < -0.4 is 4.90 Å². The van der Waals surface area contributed by atoms with Crippen LogP contribution >= 0.6 is 11.8 Å². The van der Waals surface area contributed by atoms with Gasteiger partial charge in [0.2, 0.25) is 0 Å². The van der Waals surface area contributed by atoms with Gasteiger partial charge in [-0.05, 0) is 23.3 Å². The summed E-state index contributed by atoms with van der Waals surface area (Å²) in [6.45, 7) is 5.59. The molecule has 1 amide bonds. The summed E-state index contributed by atoms with van der Waals surface area (Å²) in [5, 5.41) is 0.665. The number of aromatic nitrogens is 2. The van der Waals surface area contributed by atoms with Gasteiger partial charge in [-0.2, -0.15) is 0 Å². The number of benzene rings is 2. The fourth-order valence-corrected chi connectivity index (χ4v) is 5.56. The number of rotatable bonds is 12. The van der Waals surface area contributed by atoms with Gasteiger partial charge >= 0.3 is 0 Å². The zero-order chi connectivity index (χ0) is 29.1. The minimum absolute atomic E-state index is 0.148. The third-order valence-corrected chi connectivity index (χ3v) is 7.90. The van der Waals surface area contributed by atoms with Crippen molar-refractivity contribution in [2.24, 2.45) is 0 Å². The van der Waals surface area contributed by atoms with Crippen LogP contribution in [0.25, 0.3) is 6.08 Å². The Kier molecular flexibility index (Phi) is 10.4. The first kappa shape index (κ1) is 29.6. The normalized spacial score (nSPS) is 14.0. The zero-order valence-electron chi connectivity index (χ0n) is 24.2. The van der Waals surface area contributed by atoms with E-state index in [0.29, 0.717) is 35.6 Å². The average molecular weight is 584 g/mol. The second-order valence-electron chi connectivity index (χ2n) is 10.2. The molecule has 5 rings (SSSR count). The molecule has 9 heteroatoms. The molecular weight excluding hydrogens is 546 g/mol. The van der Waals surface area contributed by atoms with Crippen LogP contribution in [0.1, 0.15) is 33.1 Å². The number of furan rings is 1. The molecule has 0 N–H and O–H groups in total. The number of hydrogen-bond acceptors (Lipinski definition) is 8. The Balaban J connectivity index is 1.16. The van der Waals surface area contributed by atoms with E-state index in [1.54, 1.807) is 25.1 Å². The van der Waals surface area contributed by atoms with Crippen molar-refractivity contribution in [3.8, 4) is 0 Å². The summed E-state index contributed by atoms with van der Waals surface area (Å²) in [5.74, 6) is 2.32. The summed E-state index contributed by atoms with van der Waals surface area (Å²) in [6, 6.07) is 25.9. The second-order valence-corrected chi connectivity index (χ2v) is 11.2. The molecule has 0 aliphatic carbocycles. The van der Waals surface area contributed by atoms with Gasteiger partial charge in [-0.15, -0.1) is 0 Å². The highest BCUT2D eigenvalue weighted by Crippen LogP contribution is 2.25. The number of hydrogen-bond donors (Lipinski definition) is 0. The summed E-state index contributed by atoms with van der Waals surface area (Å²) < 4.78 is 11.3.